The van der Waals surface area contributed by atoms with Gasteiger partial charge in [0.05, 0.1) is 0 Å². The van der Waals surface area contributed by atoms with Crippen LogP contribution in [0, 0.1) is 11.8 Å². The molecule has 2 N–H and O–H groups in total. The zero-order valence-electron chi connectivity index (χ0n) is 10.4. The second-order valence-electron chi connectivity index (χ2n) is 3.84. The SMILES string of the molecule is CC#CCCNCc1n[nH]nc1-c1ccccc1. The van der Waals surface area contributed by atoms with Crippen LogP contribution >= 0.6 is 0 Å². The van der Waals surface area contributed by atoms with Crippen molar-refractivity contribution in [2.75, 3.05) is 6.54 Å². The first-order chi connectivity index (χ1) is 8.92. The molecule has 0 unspecified atom stereocenters. The fourth-order valence-corrected chi connectivity index (χ4v) is 1.69. The number of aromatic amines is 1. The van der Waals surface area contributed by atoms with Gasteiger partial charge in [-0.25, -0.2) is 0 Å². The van der Waals surface area contributed by atoms with Gasteiger partial charge in [-0.3, -0.25) is 0 Å². The molecule has 0 aliphatic carbocycles. The van der Waals surface area contributed by atoms with Crippen molar-refractivity contribution in [1.82, 2.24) is 20.7 Å². The van der Waals surface area contributed by atoms with Gasteiger partial charge in [-0.05, 0) is 6.92 Å². The van der Waals surface area contributed by atoms with E-state index in [1.807, 2.05) is 37.3 Å². The number of aromatic nitrogens is 3. The van der Waals surface area contributed by atoms with E-state index in [1.165, 1.54) is 0 Å². The number of hydrogen-bond acceptors (Lipinski definition) is 3. The fraction of sp³-hybridized carbons (Fsp3) is 0.286. The minimum Gasteiger partial charge on any atom is -0.310 e. The van der Waals surface area contributed by atoms with E-state index in [-0.39, 0.29) is 0 Å². The normalized spacial score (nSPS) is 9.83. The molecule has 4 heteroatoms. The van der Waals surface area contributed by atoms with E-state index in [2.05, 4.69) is 32.6 Å². The van der Waals surface area contributed by atoms with E-state index in [1.54, 1.807) is 0 Å². The Bertz CT molecular complexity index is 534. The highest BCUT2D eigenvalue weighted by Gasteiger charge is 2.08. The summed E-state index contributed by atoms with van der Waals surface area (Å²) in [5.41, 5.74) is 2.92. The lowest BCUT2D eigenvalue weighted by molar-refractivity contribution is 0.685. The molecule has 0 saturated heterocycles. The predicted molar refractivity (Wildman–Crippen MR) is 71.6 cm³/mol. The van der Waals surface area contributed by atoms with Crippen molar-refractivity contribution in [3.63, 3.8) is 0 Å². The van der Waals surface area contributed by atoms with Gasteiger partial charge in [0.2, 0.25) is 0 Å². The van der Waals surface area contributed by atoms with Crippen LogP contribution in [0.1, 0.15) is 19.0 Å². The highest BCUT2D eigenvalue weighted by atomic mass is 15.3. The molecule has 2 rings (SSSR count). The zero-order valence-corrected chi connectivity index (χ0v) is 10.4. The summed E-state index contributed by atoms with van der Waals surface area (Å²) >= 11 is 0. The third-order valence-corrected chi connectivity index (χ3v) is 2.56. The summed E-state index contributed by atoms with van der Waals surface area (Å²) in [7, 11) is 0. The van der Waals surface area contributed by atoms with Crippen LogP contribution in [0.3, 0.4) is 0 Å². The number of nitrogens with zero attached hydrogens (tertiary/aromatic N) is 2. The lowest BCUT2D eigenvalue weighted by Gasteiger charge is -2.02. The van der Waals surface area contributed by atoms with Gasteiger partial charge < -0.3 is 5.32 Å². The molecule has 0 amide bonds. The number of nitrogens with one attached hydrogen (secondary N) is 2. The van der Waals surface area contributed by atoms with Crippen molar-refractivity contribution in [1.29, 1.82) is 0 Å². The first kappa shape index (κ1) is 12.3. The molecule has 4 nitrogen and oxygen atoms in total. The molecular weight excluding hydrogens is 224 g/mol. The Hall–Kier alpha value is -2.12. The van der Waals surface area contributed by atoms with Crippen LogP contribution < -0.4 is 5.32 Å². The lowest BCUT2D eigenvalue weighted by Crippen LogP contribution is -2.15. The van der Waals surface area contributed by atoms with E-state index in [0.29, 0.717) is 6.54 Å². The largest absolute Gasteiger partial charge is 0.310 e. The number of H-pyrrole nitrogens is 1. The highest BCUT2D eigenvalue weighted by molar-refractivity contribution is 5.60. The van der Waals surface area contributed by atoms with Gasteiger partial charge in [0.15, 0.2) is 0 Å². The molecule has 18 heavy (non-hydrogen) atoms. The molecule has 0 radical (unpaired) electrons. The molecule has 0 bridgehead atoms. The van der Waals surface area contributed by atoms with Crippen LogP contribution in [0.25, 0.3) is 11.3 Å². The Balaban J connectivity index is 1.97. The standard InChI is InChI=1S/C14H16N4/c1-2-3-7-10-15-11-13-14(17-18-16-13)12-8-5-4-6-9-12/h4-6,8-9,15H,7,10-11H2,1H3,(H,16,17,18). The Labute approximate surface area is 107 Å². The van der Waals surface area contributed by atoms with Crippen LogP contribution in [0.15, 0.2) is 30.3 Å². The van der Waals surface area contributed by atoms with Gasteiger partial charge in [0, 0.05) is 25.1 Å². The summed E-state index contributed by atoms with van der Waals surface area (Å²) in [6.07, 6.45) is 0.856. The first-order valence-electron chi connectivity index (χ1n) is 5.97. The van der Waals surface area contributed by atoms with Crippen molar-refractivity contribution >= 4 is 0 Å². The van der Waals surface area contributed by atoms with Crippen LogP contribution in [-0.4, -0.2) is 22.0 Å². The second-order valence-corrected chi connectivity index (χ2v) is 3.84. The van der Waals surface area contributed by atoms with Crippen LogP contribution in [-0.2, 0) is 6.54 Å². The smallest absolute Gasteiger partial charge is 0.117 e. The monoisotopic (exact) mass is 240 g/mol. The van der Waals surface area contributed by atoms with Gasteiger partial charge >= 0.3 is 0 Å². The predicted octanol–water partition coefficient (Wildman–Crippen LogP) is 1.97. The summed E-state index contributed by atoms with van der Waals surface area (Å²) in [5.74, 6) is 5.89. The molecule has 0 atom stereocenters. The third-order valence-electron chi connectivity index (χ3n) is 2.56. The van der Waals surface area contributed by atoms with E-state index in [0.717, 1.165) is 29.9 Å². The Kier molecular flexibility index (Phi) is 4.51. The van der Waals surface area contributed by atoms with Gasteiger partial charge in [0.25, 0.3) is 0 Å². The Morgan fingerprint density at radius 2 is 2.06 bits per heavy atom. The molecule has 0 aliphatic heterocycles. The Morgan fingerprint density at radius 3 is 2.83 bits per heavy atom. The minimum absolute atomic E-state index is 0.701. The molecule has 1 aromatic carbocycles. The van der Waals surface area contributed by atoms with Crippen LogP contribution in [0.4, 0.5) is 0 Å². The lowest BCUT2D eigenvalue weighted by atomic mass is 10.1. The summed E-state index contributed by atoms with van der Waals surface area (Å²) in [6.45, 7) is 3.42. The topological polar surface area (TPSA) is 53.6 Å². The molecule has 0 aliphatic rings. The van der Waals surface area contributed by atoms with Gasteiger partial charge in [-0.2, -0.15) is 15.4 Å². The third kappa shape index (κ3) is 3.19. The van der Waals surface area contributed by atoms with E-state index in [4.69, 9.17) is 0 Å². The van der Waals surface area contributed by atoms with E-state index >= 15 is 0 Å². The highest BCUT2D eigenvalue weighted by Crippen LogP contribution is 2.18. The average Bonchev–Trinajstić information content (AvgIpc) is 2.88. The number of benzene rings is 1. The average molecular weight is 240 g/mol. The molecule has 0 saturated carbocycles. The van der Waals surface area contributed by atoms with Crippen molar-refractivity contribution in [2.45, 2.75) is 19.9 Å². The molecule has 1 aromatic heterocycles. The summed E-state index contributed by atoms with van der Waals surface area (Å²) in [6, 6.07) is 10.1. The van der Waals surface area contributed by atoms with E-state index in [9.17, 15) is 0 Å². The molecule has 92 valence electrons. The molecular formula is C14H16N4. The molecule has 0 fully saturated rings. The molecule has 2 aromatic rings. The van der Waals surface area contributed by atoms with E-state index < -0.39 is 0 Å². The quantitative estimate of drug-likeness (QED) is 0.620. The first-order valence-corrected chi connectivity index (χ1v) is 5.97. The molecule has 1 heterocycles. The number of rotatable bonds is 5. The van der Waals surface area contributed by atoms with Gasteiger partial charge in [-0.1, -0.05) is 30.3 Å². The van der Waals surface area contributed by atoms with Crippen molar-refractivity contribution in [3.8, 4) is 23.1 Å². The van der Waals surface area contributed by atoms with Gasteiger partial charge in [-0.15, -0.1) is 11.8 Å². The summed E-state index contributed by atoms with van der Waals surface area (Å²) in [5, 5.41) is 14.4. The van der Waals surface area contributed by atoms with Crippen LogP contribution in [0.5, 0.6) is 0 Å². The Morgan fingerprint density at radius 1 is 1.22 bits per heavy atom. The summed E-state index contributed by atoms with van der Waals surface area (Å²) in [4.78, 5) is 0. The maximum Gasteiger partial charge on any atom is 0.117 e. The minimum atomic E-state index is 0.701. The maximum absolute atomic E-state index is 4.20. The second kappa shape index (κ2) is 6.58. The zero-order chi connectivity index (χ0) is 12.6. The van der Waals surface area contributed by atoms with Crippen LogP contribution in [0.2, 0.25) is 0 Å². The number of hydrogen-bond donors (Lipinski definition) is 2. The molecule has 0 spiro atoms. The summed E-state index contributed by atoms with van der Waals surface area (Å²) < 4.78 is 0. The van der Waals surface area contributed by atoms with Crippen molar-refractivity contribution in [3.05, 3.63) is 36.0 Å². The van der Waals surface area contributed by atoms with Crippen molar-refractivity contribution in [2.24, 2.45) is 0 Å². The fourth-order valence-electron chi connectivity index (χ4n) is 1.69. The van der Waals surface area contributed by atoms with Crippen molar-refractivity contribution < 1.29 is 0 Å². The maximum atomic E-state index is 4.20. The van der Waals surface area contributed by atoms with Gasteiger partial charge in [0.1, 0.15) is 11.4 Å².